The van der Waals surface area contributed by atoms with Crippen LogP contribution in [0.1, 0.15) is 13.3 Å². The summed E-state index contributed by atoms with van der Waals surface area (Å²) in [7, 11) is 0. The molecule has 0 bridgehead atoms. The van der Waals surface area contributed by atoms with Gasteiger partial charge < -0.3 is 4.74 Å². The van der Waals surface area contributed by atoms with E-state index in [9.17, 15) is 4.79 Å². The molecule has 9 heteroatoms. The fourth-order valence-corrected chi connectivity index (χ4v) is 2.94. The Kier molecular flexibility index (Phi) is 6.04. The second-order valence-electron chi connectivity index (χ2n) is 4.56. The predicted molar refractivity (Wildman–Crippen MR) is 92.5 cm³/mol. The zero-order valence-electron chi connectivity index (χ0n) is 12.2. The fraction of sp³-hybridized carbons (Fsp3) is 0.286. The van der Waals surface area contributed by atoms with Gasteiger partial charge in [-0.05, 0) is 31.2 Å². The van der Waals surface area contributed by atoms with E-state index in [4.69, 9.17) is 16.3 Å². The van der Waals surface area contributed by atoms with Crippen molar-refractivity contribution < 1.29 is 9.53 Å². The first-order valence-corrected chi connectivity index (χ1v) is 8.10. The molecule has 0 amide bonds. The number of benzene rings is 1. The molecule has 0 radical (unpaired) electrons. The van der Waals surface area contributed by atoms with Crippen molar-refractivity contribution in [2.75, 3.05) is 12.4 Å². The van der Waals surface area contributed by atoms with Gasteiger partial charge in [-0.3, -0.25) is 4.79 Å². The summed E-state index contributed by atoms with van der Waals surface area (Å²) >= 11 is 7.40. The van der Waals surface area contributed by atoms with Crippen molar-refractivity contribution in [3.05, 3.63) is 29.3 Å². The van der Waals surface area contributed by atoms with Gasteiger partial charge in [-0.25, -0.2) is 0 Å². The van der Waals surface area contributed by atoms with Crippen LogP contribution in [0.15, 0.2) is 34.5 Å². The summed E-state index contributed by atoms with van der Waals surface area (Å²) in [6.45, 7) is 2.15. The van der Waals surface area contributed by atoms with Crippen molar-refractivity contribution in [1.29, 1.82) is 0 Å². The Morgan fingerprint density at radius 3 is 2.78 bits per heavy atom. The lowest BCUT2D eigenvalue weighted by atomic mass is 10.2. The van der Waals surface area contributed by atoms with E-state index < -0.39 is 0 Å². The minimum atomic E-state index is -0.272. The van der Waals surface area contributed by atoms with Gasteiger partial charge in [-0.15, -0.1) is 22.6 Å². The summed E-state index contributed by atoms with van der Waals surface area (Å²) in [6.07, 6.45) is 0.179. The highest BCUT2D eigenvalue weighted by atomic mass is 35.5. The van der Waals surface area contributed by atoms with Gasteiger partial charge in [-0.1, -0.05) is 23.4 Å². The first-order chi connectivity index (χ1) is 10.7. The molecule has 23 heavy (non-hydrogen) atoms. The number of nitrogens with zero attached hydrogens (tertiary/aromatic N) is 4. The van der Waals surface area contributed by atoms with Crippen molar-refractivity contribution in [3.8, 4) is 11.4 Å². The number of hydrogen-bond acceptors (Lipinski definition) is 6. The molecule has 0 saturated carbocycles. The number of ether oxygens (including phenoxy) is 1. The normalized spacial score (nSPS) is 12.9. The number of carbonyl (C=O) groups excluding carboxylic acids is 1. The lowest BCUT2D eigenvalue weighted by molar-refractivity contribution is -0.141. The van der Waals surface area contributed by atoms with Crippen LogP contribution in [0.5, 0.6) is 0 Å². The van der Waals surface area contributed by atoms with E-state index in [0.717, 1.165) is 11.3 Å². The molecule has 1 aliphatic heterocycles. The number of halogens is 2. The van der Waals surface area contributed by atoms with E-state index >= 15 is 0 Å². The molecule has 0 aliphatic carbocycles. The zero-order chi connectivity index (χ0) is 15.5. The highest BCUT2D eigenvalue weighted by Gasteiger charge is 2.21. The first kappa shape index (κ1) is 17.8. The average molecular weight is 373 g/mol. The summed E-state index contributed by atoms with van der Waals surface area (Å²) in [5.41, 5.74) is 1.61. The number of hydrogen-bond donors (Lipinski definition) is 0. The lowest BCUT2D eigenvalue weighted by Crippen LogP contribution is -2.18. The van der Waals surface area contributed by atoms with E-state index in [1.165, 1.54) is 11.8 Å². The average Bonchev–Trinajstić information content (AvgIpc) is 2.91. The number of aromatic nitrogens is 3. The van der Waals surface area contributed by atoms with Crippen LogP contribution in [0.25, 0.3) is 11.4 Å². The third-order valence-corrected chi connectivity index (χ3v) is 4.22. The Morgan fingerprint density at radius 2 is 2.09 bits per heavy atom. The van der Waals surface area contributed by atoms with Crippen molar-refractivity contribution in [3.63, 3.8) is 0 Å². The largest absolute Gasteiger partial charge is 0.466 e. The monoisotopic (exact) mass is 372 g/mol. The Bertz CT molecular complexity index is 731. The Labute approximate surface area is 148 Å². The molecule has 0 saturated heterocycles. The van der Waals surface area contributed by atoms with Gasteiger partial charge in [0.1, 0.15) is 0 Å². The molecule has 1 aliphatic rings. The molecule has 2 aromatic rings. The molecule has 1 aromatic heterocycles. The number of carbonyl (C=O) groups is 1. The van der Waals surface area contributed by atoms with Crippen molar-refractivity contribution >= 4 is 47.5 Å². The molecule has 0 fully saturated rings. The predicted octanol–water partition coefficient (Wildman–Crippen LogP) is 3.28. The second-order valence-corrected chi connectivity index (χ2v) is 5.94. The first-order valence-electron chi connectivity index (χ1n) is 6.74. The maximum absolute atomic E-state index is 11.6. The van der Waals surface area contributed by atoms with Crippen LogP contribution in [0, 0.1) is 0 Å². The summed E-state index contributed by atoms with van der Waals surface area (Å²) in [4.78, 5) is 11.6. The summed E-state index contributed by atoms with van der Waals surface area (Å²) in [6, 6.07) is 7.30. The number of fused-ring (bicyclic) bond motifs is 1. The molecule has 0 atom stereocenters. The smallest absolute Gasteiger partial charge is 0.311 e. The molecule has 6 nitrogen and oxygen atoms in total. The van der Waals surface area contributed by atoms with Gasteiger partial charge >= 0.3 is 5.97 Å². The van der Waals surface area contributed by atoms with Gasteiger partial charge in [0.25, 0.3) is 0 Å². The van der Waals surface area contributed by atoms with E-state index in [2.05, 4.69) is 15.3 Å². The zero-order valence-corrected chi connectivity index (χ0v) is 14.6. The fourth-order valence-electron chi connectivity index (χ4n) is 2.01. The highest BCUT2D eigenvalue weighted by molar-refractivity contribution is 7.99. The minimum absolute atomic E-state index is 0. The Morgan fingerprint density at radius 1 is 1.35 bits per heavy atom. The van der Waals surface area contributed by atoms with Crippen LogP contribution in [0.3, 0.4) is 0 Å². The van der Waals surface area contributed by atoms with Crippen LogP contribution in [0.2, 0.25) is 5.02 Å². The van der Waals surface area contributed by atoms with Crippen LogP contribution in [0.4, 0.5) is 0 Å². The molecular formula is C14H14Cl2N4O2S. The maximum atomic E-state index is 11.6. The van der Waals surface area contributed by atoms with Gasteiger partial charge in [0.2, 0.25) is 5.16 Å². The van der Waals surface area contributed by atoms with E-state index in [-0.39, 0.29) is 24.8 Å². The lowest BCUT2D eigenvalue weighted by Gasteiger charge is -2.13. The van der Waals surface area contributed by atoms with Crippen LogP contribution < -0.4 is 0 Å². The number of esters is 1. The quantitative estimate of drug-likeness (QED) is 0.770. The van der Waals surface area contributed by atoms with Gasteiger partial charge in [0, 0.05) is 16.3 Å². The SMILES string of the molecule is CCOC(=O)CC1=Nn2c(nnc2-c2ccc(Cl)cc2)SC1.Cl. The molecule has 0 N–H and O–H groups in total. The molecule has 122 valence electrons. The Hall–Kier alpha value is -1.57. The molecular weight excluding hydrogens is 359 g/mol. The number of thioether (sulfide) groups is 1. The van der Waals surface area contributed by atoms with Gasteiger partial charge in [0.05, 0.1) is 18.7 Å². The minimum Gasteiger partial charge on any atom is -0.466 e. The molecule has 3 rings (SSSR count). The summed E-state index contributed by atoms with van der Waals surface area (Å²) < 4.78 is 6.62. The third-order valence-electron chi connectivity index (χ3n) is 2.98. The van der Waals surface area contributed by atoms with Crippen LogP contribution >= 0.6 is 35.8 Å². The van der Waals surface area contributed by atoms with Crippen molar-refractivity contribution in [1.82, 2.24) is 14.9 Å². The summed E-state index contributed by atoms with van der Waals surface area (Å²) in [5.74, 6) is 0.962. The van der Waals surface area contributed by atoms with E-state index in [1.54, 1.807) is 23.7 Å². The molecule has 2 heterocycles. The highest BCUT2D eigenvalue weighted by Crippen LogP contribution is 2.28. The van der Waals surface area contributed by atoms with E-state index in [1.807, 2.05) is 12.1 Å². The van der Waals surface area contributed by atoms with Crippen molar-refractivity contribution in [2.45, 2.75) is 18.5 Å². The van der Waals surface area contributed by atoms with Crippen molar-refractivity contribution in [2.24, 2.45) is 5.10 Å². The molecule has 0 spiro atoms. The van der Waals surface area contributed by atoms with Crippen LogP contribution in [-0.4, -0.2) is 38.9 Å². The number of rotatable bonds is 4. The topological polar surface area (TPSA) is 69.4 Å². The molecule has 0 unspecified atom stereocenters. The van der Waals surface area contributed by atoms with Crippen LogP contribution in [-0.2, 0) is 9.53 Å². The van der Waals surface area contributed by atoms with Gasteiger partial charge in [0.15, 0.2) is 5.82 Å². The third kappa shape index (κ3) is 4.04. The van der Waals surface area contributed by atoms with Gasteiger partial charge in [-0.2, -0.15) is 9.78 Å². The molecule has 1 aromatic carbocycles. The Balaban J connectivity index is 0.00000192. The van der Waals surface area contributed by atoms with E-state index in [0.29, 0.717) is 28.4 Å². The standard InChI is InChI=1S/C14H13ClN4O2S.ClH/c1-2-21-12(20)7-11-8-22-14-17-16-13(19(14)18-11)9-3-5-10(15)6-4-9;/h3-6H,2,7-8H2,1H3;1H. The maximum Gasteiger partial charge on any atom is 0.311 e. The second kappa shape index (κ2) is 7.81. The summed E-state index contributed by atoms with van der Waals surface area (Å²) in [5, 5.41) is 14.1.